The van der Waals surface area contributed by atoms with E-state index in [1.807, 2.05) is 0 Å². The lowest BCUT2D eigenvalue weighted by Crippen LogP contribution is -2.10. The van der Waals surface area contributed by atoms with Crippen molar-refractivity contribution in [2.45, 2.75) is 18.9 Å². The molecule has 0 bridgehead atoms. The highest BCUT2D eigenvalue weighted by molar-refractivity contribution is 9.10. The Bertz CT molecular complexity index is 439. The number of hydrogen-bond donors (Lipinski definition) is 0. The number of benzene rings is 1. The molecule has 0 fully saturated rings. The van der Waals surface area contributed by atoms with Crippen LogP contribution in [0.25, 0.3) is 0 Å². The summed E-state index contributed by atoms with van der Waals surface area (Å²) in [5, 5.41) is 0.320. The Morgan fingerprint density at radius 1 is 1.44 bits per heavy atom. The average molecular weight is 388 g/mol. The van der Waals surface area contributed by atoms with Crippen LogP contribution in [0.5, 0.6) is 5.75 Å². The van der Waals surface area contributed by atoms with Crippen molar-refractivity contribution in [3.05, 3.63) is 27.7 Å². The van der Waals surface area contributed by atoms with Gasteiger partial charge in [-0.15, -0.1) is 0 Å². The third kappa shape index (κ3) is 3.91. The average Bonchev–Trinajstić information content (AvgIpc) is 2.27. The van der Waals surface area contributed by atoms with Gasteiger partial charge in [0.25, 0.3) is 0 Å². The molecule has 0 heterocycles. The molecule has 100 valence electrons. The molecule has 0 N–H and O–H groups in total. The number of rotatable bonds is 5. The fraction of sp³-hybridized carbons (Fsp3) is 0.364. The maximum absolute atomic E-state index is 12.1. The Hall–Kier alpha value is -0.690. The van der Waals surface area contributed by atoms with Crippen molar-refractivity contribution in [2.24, 2.45) is 0 Å². The minimum absolute atomic E-state index is 0.0145. The minimum atomic E-state index is -2.91. The molecule has 0 aliphatic rings. The van der Waals surface area contributed by atoms with Crippen molar-refractivity contribution in [3.63, 3.8) is 0 Å². The molecule has 0 aliphatic carbocycles. The predicted molar refractivity (Wildman–Crippen MR) is 69.4 cm³/mol. The molecule has 0 atom stereocenters. The summed E-state index contributed by atoms with van der Waals surface area (Å²) in [7, 11) is 0. The van der Waals surface area contributed by atoms with Gasteiger partial charge in [-0.2, -0.15) is 8.78 Å². The summed E-state index contributed by atoms with van der Waals surface area (Å²) in [4.78, 5) is 11.7. The van der Waals surface area contributed by atoms with Crippen LogP contribution in [0.1, 0.15) is 22.8 Å². The van der Waals surface area contributed by atoms with Crippen LogP contribution < -0.4 is 4.74 Å². The molecule has 0 unspecified atom stereocenters. The van der Waals surface area contributed by atoms with Gasteiger partial charge < -0.3 is 9.47 Å². The normalized spacial score (nSPS) is 10.6. The monoisotopic (exact) mass is 386 g/mol. The van der Waals surface area contributed by atoms with Gasteiger partial charge in [-0.05, 0) is 40.5 Å². The standard InChI is InChI=1S/C11H10Br2F2O3/c1-2-17-10(16)9-6(5-12)3-7(4-8(9)13)18-11(14)15/h3-4,11H,2,5H2,1H3. The molecule has 0 spiro atoms. The fourth-order valence-electron chi connectivity index (χ4n) is 1.34. The number of carbonyl (C=O) groups excluding carboxylic acids is 1. The number of carbonyl (C=O) groups is 1. The molecule has 3 nitrogen and oxygen atoms in total. The van der Waals surface area contributed by atoms with Crippen LogP contribution in [0.4, 0.5) is 8.78 Å². The Balaban J connectivity index is 3.15. The first kappa shape index (κ1) is 15.4. The highest BCUT2D eigenvalue weighted by Gasteiger charge is 2.18. The van der Waals surface area contributed by atoms with Crippen LogP contribution in [0.2, 0.25) is 0 Å². The SMILES string of the molecule is CCOC(=O)c1c(Br)cc(OC(F)F)cc1CBr. The number of hydrogen-bond acceptors (Lipinski definition) is 3. The molecule has 0 radical (unpaired) electrons. The van der Waals surface area contributed by atoms with Crippen molar-refractivity contribution < 1.29 is 23.0 Å². The Morgan fingerprint density at radius 3 is 2.61 bits per heavy atom. The van der Waals surface area contributed by atoms with Crippen LogP contribution in [0.15, 0.2) is 16.6 Å². The first-order valence-electron chi connectivity index (χ1n) is 4.99. The Kier molecular flexibility index (Phi) is 6.01. The predicted octanol–water partition coefficient (Wildman–Crippen LogP) is 4.12. The van der Waals surface area contributed by atoms with E-state index >= 15 is 0 Å². The lowest BCUT2D eigenvalue weighted by atomic mass is 10.1. The van der Waals surface area contributed by atoms with Crippen molar-refractivity contribution in [1.29, 1.82) is 0 Å². The van der Waals surface area contributed by atoms with Crippen molar-refractivity contribution in [3.8, 4) is 5.75 Å². The molecular formula is C11H10Br2F2O3. The largest absolute Gasteiger partial charge is 0.462 e. The lowest BCUT2D eigenvalue weighted by molar-refractivity contribution is -0.0499. The molecule has 18 heavy (non-hydrogen) atoms. The van der Waals surface area contributed by atoms with Gasteiger partial charge in [0.05, 0.1) is 12.2 Å². The molecule has 0 saturated heterocycles. The molecule has 1 aromatic rings. The van der Waals surface area contributed by atoms with Gasteiger partial charge in [0.2, 0.25) is 0 Å². The zero-order chi connectivity index (χ0) is 13.7. The van der Waals surface area contributed by atoms with E-state index in [0.717, 1.165) is 0 Å². The summed E-state index contributed by atoms with van der Waals surface area (Å²) >= 11 is 6.34. The third-order valence-electron chi connectivity index (χ3n) is 1.99. The topological polar surface area (TPSA) is 35.5 Å². The number of esters is 1. The summed E-state index contributed by atoms with van der Waals surface area (Å²) in [6, 6.07) is 2.68. The Labute approximate surface area is 120 Å². The minimum Gasteiger partial charge on any atom is -0.462 e. The van der Waals surface area contributed by atoms with Gasteiger partial charge in [-0.25, -0.2) is 4.79 Å². The van der Waals surface area contributed by atoms with E-state index in [2.05, 4.69) is 36.6 Å². The van der Waals surface area contributed by atoms with Gasteiger partial charge in [0, 0.05) is 9.80 Å². The number of alkyl halides is 3. The molecule has 1 rings (SSSR count). The Morgan fingerprint density at radius 2 is 2.11 bits per heavy atom. The van der Waals surface area contributed by atoms with Crippen molar-refractivity contribution >= 4 is 37.8 Å². The molecule has 1 aromatic carbocycles. The maximum atomic E-state index is 12.1. The quantitative estimate of drug-likeness (QED) is 0.563. The van der Waals surface area contributed by atoms with E-state index in [9.17, 15) is 13.6 Å². The van der Waals surface area contributed by atoms with E-state index < -0.39 is 12.6 Å². The first-order valence-corrected chi connectivity index (χ1v) is 6.91. The summed E-state index contributed by atoms with van der Waals surface area (Å²) in [5.74, 6) is -0.526. The highest BCUT2D eigenvalue weighted by atomic mass is 79.9. The van der Waals surface area contributed by atoms with E-state index in [-0.39, 0.29) is 12.4 Å². The van der Waals surface area contributed by atoms with E-state index in [1.54, 1.807) is 6.92 Å². The van der Waals surface area contributed by atoms with Crippen LogP contribution in [-0.2, 0) is 10.1 Å². The summed E-state index contributed by atoms with van der Waals surface area (Å²) in [6.45, 7) is -0.982. The lowest BCUT2D eigenvalue weighted by Gasteiger charge is -2.12. The van der Waals surface area contributed by atoms with Crippen LogP contribution in [-0.4, -0.2) is 19.2 Å². The number of ether oxygens (including phenoxy) is 2. The second kappa shape index (κ2) is 7.04. The summed E-state index contributed by atoms with van der Waals surface area (Å²) < 4.78 is 33.8. The van der Waals surface area contributed by atoms with E-state index in [4.69, 9.17) is 4.74 Å². The van der Waals surface area contributed by atoms with Gasteiger partial charge in [-0.1, -0.05) is 15.9 Å². The van der Waals surface area contributed by atoms with Crippen molar-refractivity contribution in [2.75, 3.05) is 6.61 Å². The smallest absolute Gasteiger partial charge is 0.387 e. The van der Waals surface area contributed by atoms with Gasteiger partial charge in [0.1, 0.15) is 5.75 Å². The van der Waals surface area contributed by atoms with Gasteiger partial charge >= 0.3 is 12.6 Å². The molecule has 0 aliphatic heterocycles. The molecular weight excluding hydrogens is 378 g/mol. The van der Waals surface area contributed by atoms with Crippen molar-refractivity contribution in [1.82, 2.24) is 0 Å². The second-order valence-electron chi connectivity index (χ2n) is 3.17. The first-order chi connectivity index (χ1) is 8.49. The van der Waals surface area contributed by atoms with Gasteiger partial charge in [-0.3, -0.25) is 0 Å². The van der Waals surface area contributed by atoms with Gasteiger partial charge in [0.15, 0.2) is 0 Å². The van der Waals surface area contributed by atoms with E-state index in [0.29, 0.717) is 20.9 Å². The molecule has 0 saturated carbocycles. The maximum Gasteiger partial charge on any atom is 0.387 e. The highest BCUT2D eigenvalue weighted by Crippen LogP contribution is 2.30. The van der Waals surface area contributed by atoms with E-state index in [1.165, 1.54) is 12.1 Å². The van der Waals surface area contributed by atoms with Crippen LogP contribution >= 0.6 is 31.9 Å². The van der Waals surface area contributed by atoms with Crippen LogP contribution in [0.3, 0.4) is 0 Å². The third-order valence-corrected chi connectivity index (χ3v) is 3.22. The summed E-state index contributed by atoms with van der Waals surface area (Å²) in [6.07, 6.45) is 0. The second-order valence-corrected chi connectivity index (χ2v) is 4.59. The zero-order valence-electron chi connectivity index (χ0n) is 9.38. The molecule has 0 amide bonds. The zero-order valence-corrected chi connectivity index (χ0v) is 12.6. The fourth-order valence-corrected chi connectivity index (χ4v) is 2.43. The number of halogens is 4. The van der Waals surface area contributed by atoms with Crippen LogP contribution in [0, 0.1) is 0 Å². The summed E-state index contributed by atoms with van der Waals surface area (Å²) in [5.41, 5.74) is 0.814. The molecule has 7 heteroatoms. The molecule has 0 aromatic heterocycles.